The van der Waals surface area contributed by atoms with Crippen molar-refractivity contribution in [2.75, 3.05) is 20.2 Å². The van der Waals surface area contributed by atoms with Crippen molar-refractivity contribution >= 4 is 16.0 Å². The molecule has 1 aromatic heterocycles. The van der Waals surface area contributed by atoms with Gasteiger partial charge in [-0.2, -0.15) is 0 Å². The summed E-state index contributed by atoms with van der Waals surface area (Å²) in [6, 6.07) is 1.45. The van der Waals surface area contributed by atoms with Gasteiger partial charge in [0.05, 0.1) is 17.9 Å². The standard InChI is InChI=1S/C11H16N2O4S/c1-17-11(14)9-4-7-13(8-9)18(15,16)10-2-5-12-6-3-10/h4,7-8,10,12H,2-3,5-6H2,1H3. The molecule has 0 spiro atoms. The van der Waals surface area contributed by atoms with Crippen LogP contribution in [0, 0.1) is 0 Å². The van der Waals surface area contributed by atoms with Crippen LogP contribution in [-0.2, 0) is 14.8 Å². The van der Waals surface area contributed by atoms with Gasteiger partial charge >= 0.3 is 5.97 Å². The average Bonchev–Trinajstić information content (AvgIpc) is 2.89. The fourth-order valence-electron chi connectivity index (χ4n) is 2.04. The van der Waals surface area contributed by atoms with Crippen LogP contribution >= 0.6 is 0 Å². The number of carbonyl (C=O) groups is 1. The highest BCUT2D eigenvalue weighted by atomic mass is 32.2. The summed E-state index contributed by atoms with van der Waals surface area (Å²) in [6.07, 6.45) is 3.88. The quantitative estimate of drug-likeness (QED) is 0.796. The molecule has 1 aliphatic rings. The number of nitrogens with zero attached hydrogens (tertiary/aromatic N) is 1. The van der Waals surface area contributed by atoms with Gasteiger partial charge in [0.2, 0.25) is 10.0 Å². The average molecular weight is 272 g/mol. The Balaban J connectivity index is 2.24. The van der Waals surface area contributed by atoms with Gasteiger partial charge in [-0.15, -0.1) is 0 Å². The first-order chi connectivity index (χ1) is 8.55. The molecule has 1 aromatic rings. The van der Waals surface area contributed by atoms with Gasteiger partial charge in [-0.1, -0.05) is 0 Å². The summed E-state index contributed by atoms with van der Waals surface area (Å²) >= 11 is 0. The molecule has 0 aliphatic carbocycles. The van der Waals surface area contributed by atoms with Gasteiger partial charge in [0.15, 0.2) is 0 Å². The first-order valence-corrected chi connectivity index (χ1v) is 7.27. The zero-order chi connectivity index (χ0) is 13.2. The molecule has 0 unspecified atom stereocenters. The fourth-order valence-corrected chi connectivity index (χ4v) is 3.71. The highest BCUT2D eigenvalue weighted by Crippen LogP contribution is 2.17. The van der Waals surface area contributed by atoms with E-state index in [1.165, 1.54) is 25.6 Å². The second-order valence-corrected chi connectivity index (χ2v) is 6.33. The third-order valence-corrected chi connectivity index (χ3v) is 5.22. The molecular formula is C11H16N2O4S. The van der Waals surface area contributed by atoms with Crippen LogP contribution in [0.1, 0.15) is 23.2 Å². The lowest BCUT2D eigenvalue weighted by Crippen LogP contribution is -2.37. The van der Waals surface area contributed by atoms with Crippen molar-refractivity contribution in [1.82, 2.24) is 9.29 Å². The molecule has 100 valence electrons. The third kappa shape index (κ3) is 2.41. The molecule has 1 N–H and O–H groups in total. The Kier molecular flexibility index (Phi) is 3.72. The molecular weight excluding hydrogens is 256 g/mol. The number of aromatic nitrogens is 1. The Morgan fingerprint density at radius 2 is 2.11 bits per heavy atom. The van der Waals surface area contributed by atoms with Crippen LogP contribution in [0.5, 0.6) is 0 Å². The van der Waals surface area contributed by atoms with Gasteiger partial charge < -0.3 is 10.1 Å². The fraction of sp³-hybridized carbons (Fsp3) is 0.545. The van der Waals surface area contributed by atoms with Crippen molar-refractivity contribution in [3.05, 3.63) is 24.0 Å². The van der Waals surface area contributed by atoms with E-state index in [0.717, 1.165) is 3.97 Å². The van der Waals surface area contributed by atoms with E-state index >= 15 is 0 Å². The monoisotopic (exact) mass is 272 g/mol. The van der Waals surface area contributed by atoms with Crippen LogP contribution in [0.15, 0.2) is 18.5 Å². The van der Waals surface area contributed by atoms with Crippen LogP contribution in [0.25, 0.3) is 0 Å². The van der Waals surface area contributed by atoms with E-state index in [2.05, 4.69) is 10.1 Å². The van der Waals surface area contributed by atoms with Gasteiger partial charge in [0.25, 0.3) is 0 Å². The number of carbonyl (C=O) groups excluding carboxylic acids is 1. The van der Waals surface area contributed by atoms with Crippen LogP contribution in [0.4, 0.5) is 0 Å². The highest BCUT2D eigenvalue weighted by molar-refractivity contribution is 7.90. The van der Waals surface area contributed by atoms with Crippen molar-refractivity contribution in [3.63, 3.8) is 0 Å². The number of methoxy groups -OCH3 is 1. The normalized spacial score (nSPS) is 17.6. The number of piperidine rings is 1. The van der Waals surface area contributed by atoms with Crippen molar-refractivity contribution in [3.8, 4) is 0 Å². The molecule has 1 fully saturated rings. The van der Waals surface area contributed by atoms with Crippen molar-refractivity contribution in [2.24, 2.45) is 0 Å². The zero-order valence-corrected chi connectivity index (χ0v) is 10.9. The lowest BCUT2D eigenvalue weighted by Gasteiger charge is -2.22. The largest absolute Gasteiger partial charge is 0.465 e. The predicted molar refractivity (Wildman–Crippen MR) is 66.0 cm³/mol. The van der Waals surface area contributed by atoms with Crippen LogP contribution < -0.4 is 5.32 Å². The third-order valence-electron chi connectivity index (χ3n) is 3.09. The molecule has 2 rings (SSSR count). The van der Waals surface area contributed by atoms with Crippen LogP contribution in [-0.4, -0.2) is 43.8 Å². The Bertz CT molecular complexity index is 529. The van der Waals surface area contributed by atoms with Crippen LogP contribution in [0.3, 0.4) is 0 Å². The minimum atomic E-state index is -3.41. The smallest absolute Gasteiger partial charge is 0.339 e. The summed E-state index contributed by atoms with van der Waals surface area (Å²) in [7, 11) is -2.15. The topological polar surface area (TPSA) is 77.4 Å². The number of ether oxygens (including phenoxy) is 1. The van der Waals surface area contributed by atoms with E-state index in [0.29, 0.717) is 25.9 Å². The molecule has 0 aromatic carbocycles. The minimum absolute atomic E-state index is 0.245. The molecule has 2 heterocycles. The molecule has 7 heteroatoms. The molecule has 0 atom stereocenters. The Morgan fingerprint density at radius 3 is 2.72 bits per heavy atom. The molecule has 1 saturated heterocycles. The van der Waals surface area contributed by atoms with E-state index < -0.39 is 21.2 Å². The van der Waals surface area contributed by atoms with Gasteiger partial charge in [-0.3, -0.25) is 3.97 Å². The summed E-state index contributed by atoms with van der Waals surface area (Å²) in [5.41, 5.74) is 0.245. The first kappa shape index (κ1) is 13.1. The maximum atomic E-state index is 12.3. The number of hydrogen-bond acceptors (Lipinski definition) is 5. The summed E-state index contributed by atoms with van der Waals surface area (Å²) < 4.78 is 30.3. The van der Waals surface area contributed by atoms with E-state index in [9.17, 15) is 13.2 Å². The maximum absolute atomic E-state index is 12.3. The van der Waals surface area contributed by atoms with Crippen molar-refractivity contribution in [1.29, 1.82) is 0 Å². The molecule has 0 radical (unpaired) electrons. The van der Waals surface area contributed by atoms with E-state index in [1.807, 2.05) is 0 Å². The van der Waals surface area contributed by atoms with Gasteiger partial charge in [-0.25, -0.2) is 13.2 Å². The summed E-state index contributed by atoms with van der Waals surface area (Å²) in [4.78, 5) is 11.3. The van der Waals surface area contributed by atoms with E-state index in [1.54, 1.807) is 0 Å². The number of esters is 1. The highest BCUT2D eigenvalue weighted by Gasteiger charge is 2.28. The van der Waals surface area contributed by atoms with Crippen molar-refractivity contribution in [2.45, 2.75) is 18.1 Å². The second kappa shape index (κ2) is 5.11. The summed E-state index contributed by atoms with van der Waals surface area (Å²) in [5, 5.41) is 2.73. The Hall–Kier alpha value is -1.34. The number of hydrogen-bond donors (Lipinski definition) is 1. The minimum Gasteiger partial charge on any atom is -0.465 e. The number of rotatable bonds is 3. The lowest BCUT2D eigenvalue weighted by molar-refractivity contribution is 0.0601. The predicted octanol–water partition coefficient (Wildman–Crippen LogP) is 0.205. The van der Waals surface area contributed by atoms with Gasteiger partial charge in [0.1, 0.15) is 0 Å². The summed E-state index contributed by atoms with van der Waals surface area (Å²) in [5.74, 6) is -0.533. The van der Waals surface area contributed by atoms with Gasteiger partial charge in [0, 0.05) is 12.4 Å². The number of nitrogens with one attached hydrogen (secondary N) is 1. The Morgan fingerprint density at radius 1 is 1.44 bits per heavy atom. The van der Waals surface area contributed by atoms with Crippen LogP contribution in [0.2, 0.25) is 0 Å². The SMILES string of the molecule is COC(=O)c1ccn(S(=O)(=O)C2CCNCC2)c1. The van der Waals surface area contributed by atoms with Gasteiger partial charge in [-0.05, 0) is 32.0 Å². The molecule has 18 heavy (non-hydrogen) atoms. The molecule has 0 saturated carbocycles. The lowest BCUT2D eigenvalue weighted by atomic mass is 10.2. The van der Waals surface area contributed by atoms with E-state index in [4.69, 9.17) is 0 Å². The molecule has 0 bridgehead atoms. The maximum Gasteiger partial charge on any atom is 0.339 e. The molecule has 1 aliphatic heterocycles. The molecule has 6 nitrogen and oxygen atoms in total. The van der Waals surface area contributed by atoms with Crippen molar-refractivity contribution < 1.29 is 17.9 Å². The first-order valence-electron chi connectivity index (χ1n) is 5.77. The van der Waals surface area contributed by atoms with E-state index in [-0.39, 0.29) is 5.56 Å². The second-order valence-electron chi connectivity index (χ2n) is 4.22. The Labute approximate surface area is 106 Å². The molecule has 0 amide bonds. The summed E-state index contributed by atoms with van der Waals surface area (Å²) in [6.45, 7) is 1.41. The zero-order valence-electron chi connectivity index (χ0n) is 10.1.